The Labute approximate surface area is 120 Å². The third-order valence-electron chi connectivity index (χ3n) is 3.29. The van der Waals surface area contributed by atoms with Crippen LogP contribution in [0.4, 0.5) is 5.69 Å². The third kappa shape index (κ3) is 3.44. The van der Waals surface area contributed by atoms with Crippen LogP contribution in [0.3, 0.4) is 0 Å². The fourth-order valence-corrected chi connectivity index (χ4v) is 2.09. The van der Waals surface area contributed by atoms with Gasteiger partial charge >= 0.3 is 0 Å². The lowest BCUT2D eigenvalue weighted by atomic mass is 10.1. The molecule has 0 heterocycles. The van der Waals surface area contributed by atoms with Crippen molar-refractivity contribution in [2.24, 2.45) is 0 Å². The van der Waals surface area contributed by atoms with E-state index in [1.165, 1.54) is 11.1 Å². The molecule has 0 aliphatic heterocycles. The topological polar surface area (TPSA) is 30.5 Å². The van der Waals surface area contributed by atoms with Crippen LogP contribution in [0.15, 0.2) is 36.4 Å². The molecule has 0 saturated carbocycles. The third-order valence-corrected chi connectivity index (χ3v) is 3.29. The Kier molecular flexibility index (Phi) is 4.51. The van der Waals surface area contributed by atoms with E-state index >= 15 is 0 Å². The van der Waals surface area contributed by atoms with Gasteiger partial charge in [0.15, 0.2) is 0 Å². The van der Waals surface area contributed by atoms with Crippen molar-refractivity contribution in [2.45, 2.75) is 20.4 Å². The van der Waals surface area contributed by atoms with E-state index in [-0.39, 0.29) is 0 Å². The van der Waals surface area contributed by atoms with E-state index in [9.17, 15) is 0 Å². The number of rotatable bonds is 5. The molecule has 106 valence electrons. The molecule has 0 aromatic heterocycles. The first-order valence-electron chi connectivity index (χ1n) is 6.65. The van der Waals surface area contributed by atoms with Crippen molar-refractivity contribution in [3.05, 3.63) is 53.1 Å². The molecule has 0 radical (unpaired) electrons. The Balaban J connectivity index is 2.16. The summed E-state index contributed by atoms with van der Waals surface area (Å²) in [6, 6.07) is 12.3. The van der Waals surface area contributed by atoms with Crippen LogP contribution in [0, 0.1) is 13.8 Å². The van der Waals surface area contributed by atoms with Gasteiger partial charge in [-0.2, -0.15) is 0 Å². The molecule has 0 aliphatic rings. The fraction of sp³-hybridized carbons (Fsp3) is 0.294. The van der Waals surface area contributed by atoms with Crippen molar-refractivity contribution in [1.29, 1.82) is 0 Å². The monoisotopic (exact) mass is 271 g/mol. The second kappa shape index (κ2) is 6.33. The molecule has 0 atom stereocenters. The van der Waals surface area contributed by atoms with E-state index in [1.807, 2.05) is 18.2 Å². The largest absolute Gasteiger partial charge is 0.497 e. The average Bonchev–Trinajstić information content (AvgIpc) is 2.47. The fourth-order valence-electron chi connectivity index (χ4n) is 2.09. The number of aryl methyl sites for hydroxylation is 2. The van der Waals surface area contributed by atoms with E-state index in [1.54, 1.807) is 14.2 Å². The van der Waals surface area contributed by atoms with Crippen molar-refractivity contribution in [2.75, 3.05) is 19.5 Å². The zero-order chi connectivity index (χ0) is 14.5. The highest BCUT2D eigenvalue weighted by Crippen LogP contribution is 2.24. The first kappa shape index (κ1) is 14.3. The van der Waals surface area contributed by atoms with Crippen LogP contribution in [-0.4, -0.2) is 14.2 Å². The van der Waals surface area contributed by atoms with Gasteiger partial charge in [0.2, 0.25) is 0 Å². The summed E-state index contributed by atoms with van der Waals surface area (Å²) in [4.78, 5) is 0. The number of anilines is 1. The van der Waals surface area contributed by atoms with Crippen molar-refractivity contribution >= 4 is 5.69 Å². The molecule has 0 unspecified atom stereocenters. The molecule has 2 rings (SSSR count). The van der Waals surface area contributed by atoms with E-state index in [2.05, 4.69) is 37.4 Å². The van der Waals surface area contributed by atoms with Gasteiger partial charge in [0.05, 0.1) is 14.2 Å². The van der Waals surface area contributed by atoms with Crippen LogP contribution in [0.2, 0.25) is 0 Å². The minimum Gasteiger partial charge on any atom is -0.497 e. The summed E-state index contributed by atoms with van der Waals surface area (Å²) in [6.45, 7) is 4.94. The molecule has 0 saturated heterocycles. The molecule has 0 aliphatic carbocycles. The molecule has 1 N–H and O–H groups in total. The second-order valence-electron chi connectivity index (χ2n) is 4.89. The maximum absolute atomic E-state index is 5.28. The molecule has 2 aromatic rings. The highest BCUT2D eigenvalue weighted by Gasteiger charge is 2.03. The number of hydrogen-bond acceptors (Lipinski definition) is 3. The first-order chi connectivity index (χ1) is 9.62. The number of benzene rings is 2. The van der Waals surface area contributed by atoms with Gasteiger partial charge in [0.25, 0.3) is 0 Å². The summed E-state index contributed by atoms with van der Waals surface area (Å²) < 4.78 is 10.6. The van der Waals surface area contributed by atoms with Crippen molar-refractivity contribution in [1.82, 2.24) is 0 Å². The van der Waals surface area contributed by atoms with Crippen LogP contribution in [0.5, 0.6) is 11.5 Å². The highest BCUT2D eigenvalue weighted by molar-refractivity contribution is 5.53. The van der Waals surface area contributed by atoms with Gasteiger partial charge in [-0.15, -0.1) is 0 Å². The van der Waals surface area contributed by atoms with Gasteiger partial charge in [-0.1, -0.05) is 12.1 Å². The predicted octanol–water partition coefficient (Wildman–Crippen LogP) is 3.93. The molecule has 3 nitrogen and oxygen atoms in total. The number of hydrogen-bond donors (Lipinski definition) is 1. The Bertz CT molecular complexity index is 571. The summed E-state index contributed by atoms with van der Waals surface area (Å²) in [5.74, 6) is 1.62. The van der Waals surface area contributed by atoms with E-state index < -0.39 is 0 Å². The van der Waals surface area contributed by atoms with Crippen LogP contribution in [0.25, 0.3) is 0 Å². The summed E-state index contributed by atoms with van der Waals surface area (Å²) >= 11 is 0. The SMILES string of the molecule is COc1cc(CNc2cc(C)ccc2C)cc(OC)c1. The zero-order valence-corrected chi connectivity index (χ0v) is 12.5. The predicted molar refractivity (Wildman–Crippen MR) is 82.8 cm³/mol. The normalized spacial score (nSPS) is 10.2. The summed E-state index contributed by atoms with van der Waals surface area (Å²) in [7, 11) is 3.33. The number of nitrogens with one attached hydrogen (secondary N) is 1. The maximum atomic E-state index is 5.28. The smallest absolute Gasteiger partial charge is 0.122 e. The number of ether oxygens (including phenoxy) is 2. The van der Waals surface area contributed by atoms with Gasteiger partial charge in [-0.05, 0) is 48.7 Å². The van der Waals surface area contributed by atoms with Crippen molar-refractivity contribution in [3.8, 4) is 11.5 Å². The van der Waals surface area contributed by atoms with Gasteiger partial charge in [-0.3, -0.25) is 0 Å². The summed E-state index contributed by atoms with van der Waals surface area (Å²) in [5.41, 5.74) is 4.78. The van der Waals surface area contributed by atoms with Crippen LogP contribution >= 0.6 is 0 Å². The minimum atomic E-state index is 0.734. The zero-order valence-electron chi connectivity index (χ0n) is 12.5. The standard InChI is InChI=1S/C17H21NO2/c1-12-5-6-13(2)17(7-12)18-11-14-8-15(19-3)10-16(9-14)20-4/h5-10,18H,11H2,1-4H3. The molecule has 0 amide bonds. The van der Waals surface area contributed by atoms with Gasteiger partial charge < -0.3 is 14.8 Å². The maximum Gasteiger partial charge on any atom is 0.122 e. The lowest BCUT2D eigenvalue weighted by molar-refractivity contribution is 0.393. The molecule has 2 aromatic carbocycles. The van der Waals surface area contributed by atoms with Crippen LogP contribution < -0.4 is 14.8 Å². The van der Waals surface area contributed by atoms with Gasteiger partial charge in [-0.25, -0.2) is 0 Å². The Morgan fingerprint density at radius 1 is 0.900 bits per heavy atom. The number of methoxy groups -OCH3 is 2. The molecular weight excluding hydrogens is 250 g/mol. The van der Waals surface area contributed by atoms with E-state index in [0.29, 0.717) is 0 Å². The van der Waals surface area contributed by atoms with E-state index in [4.69, 9.17) is 9.47 Å². The molecule has 0 spiro atoms. The summed E-state index contributed by atoms with van der Waals surface area (Å²) in [6.07, 6.45) is 0. The average molecular weight is 271 g/mol. The van der Waals surface area contributed by atoms with Gasteiger partial charge in [0.1, 0.15) is 11.5 Å². The quantitative estimate of drug-likeness (QED) is 0.893. The van der Waals surface area contributed by atoms with Gasteiger partial charge in [0, 0.05) is 18.3 Å². The Hall–Kier alpha value is -2.16. The highest BCUT2D eigenvalue weighted by atomic mass is 16.5. The Morgan fingerprint density at radius 3 is 2.15 bits per heavy atom. The first-order valence-corrected chi connectivity index (χ1v) is 6.65. The molecule has 0 fully saturated rings. The van der Waals surface area contributed by atoms with Crippen LogP contribution in [0.1, 0.15) is 16.7 Å². The summed E-state index contributed by atoms with van der Waals surface area (Å²) in [5, 5.41) is 3.46. The lowest BCUT2D eigenvalue weighted by Gasteiger charge is -2.12. The van der Waals surface area contributed by atoms with Crippen molar-refractivity contribution in [3.63, 3.8) is 0 Å². The van der Waals surface area contributed by atoms with Crippen molar-refractivity contribution < 1.29 is 9.47 Å². The molecule has 20 heavy (non-hydrogen) atoms. The minimum absolute atomic E-state index is 0.734. The Morgan fingerprint density at radius 2 is 1.55 bits per heavy atom. The molecule has 3 heteroatoms. The van der Waals surface area contributed by atoms with E-state index in [0.717, 1.165) is 29.3 Å². The molecule has 0 bridgehead atoms. The molecular formula is C17H21NO2. The second-order valence-corrected chi connectivity index (χ2v) is 4.89. The lowest BCUT2D eigenvalue weighted by Crippen LogP contribution is -2.02. The van der Waals surface area contributed by atoms with Crippen LogP contribution in [-0.2, 0) is 6.54 Å².